The maximum Gasteiger partial charge on any atom is 0.130 e. The van der Waals surface area contributed by atoms with E-state index in [0.29, 0.717) is 11.3 Å². The first-order valence-electron chi connectivity index (χ1n) is 7.79. The minimum Gasteiger partial charge on any atom is -0.489 e. The van der Waals surface area contributed by atoms with E-state index in [1.165, 1.54) is 24.3 Å². The predicted molar refractivity (Wildman–Crippen MR) is 99.8 cm³/mol. The molecule has 0 amide bonds. The van der Waals surface area contributed by atoms with Crippen molar-refractivity contribution in [1.82, 2.24) is 10.2 Å². The fourth-order valence-electron chi connectivity index (χ4n) is 2.63. The number of ether oxygens (including phenoxy) is 1. The molecule has 3 nitrogen and oxygen atoms in total. The summed E-state index contributed by atoms with van der Waals surface area (Å²) in [6.45, 7) is 4.81. The molecule has 0 aromatic heterocycles. The Balaban J connectivity index is 0.00000156. The van der Waals surface area contributed by atoms with Gasteiger partial charge < -0.3 is 10.1 Å². The molecule has 1 aliphatic heterocycles. The molecule has 3 rings (SSSR count). The van der Waals surface area contributed by atoms with Crippen LogP contribution in [0.5, 0.6) is 5.75 Å². The highest BCUT2D eigenvalue weighted by atomic mass is 35.5. The number of hydrogen-bond donors (Lipinski definition) is 1. The zero-order chi connectivity index (χ0) is 16.1. The van der Waals surface area contributed by atoms with E-state index in [-0.39, 0.29) is 43.1 Å². The lowest BCUT2D eigenvalue weighted by atomic mass is 10.1. The summed E-state index contributed by atoms with van der Waals surface area (Å²) in [7, 11) is 0. The van der Waals surface area contributed by atoms with Gasteiger partial charge in [-0.05, 0) is 35.9 Å². The molecule has 1 saturated heterocycles. The predicted octanol–water partition coefficient (Wildman–Crippen LogP) is 3.79. The van der Waals surface area contributed by atoms with Gasteiger partial charge in [0.05, 0.1) is 0 Å². The van der Waals surface area contributed by atoms with Crippen LogP contribution in [0.15, 0.2) is 42.5 Å². The molecule has 0 atom stereocenters. The molecule has 2 aromatic rings. The lowest BCUT2D eigenvalue weighted by molar-refractivity contribution is 0.233. The molecule has 0 aliphatic carbocycles. The molecule has 1 aliphatic rings. The van der Waals surface area contributed by atoms with Crippen LogP contribution in [0.25, 0.3) is 0 Å². The molecule has 0 unspecified atom stereocenters. The molecular weight excluding hydrogens is 369 g/mol. The SMILES string of the molecule is Cl.Cl.Fc1ccc(OCc2ccc(CN3CCNCC3)cc2F)cc1. The van der Waals surface area contributed by atoms with Gasteiger partial charge in [-0.15, -0.1) is 24.8 Å². The minimum atomic E-state index is -0.319. The Bertz CT molecular complexity index is 650. The van der Waals surface area contributed by atoms with Crippen LogP contribution in [0.1, 0.15) is 11.1 Å². The van der Waals surface area contributed by atoms with Gasteiger partial charge in [-0.25, -0.2) is 8.78 Å². The first-order chi connectivity index (χ1) is 11.2. The zero-order valence-corrected chi connectivity index (χ0v) is 15.3. The summed E-state index contributed by atoms with van der Waals surface area (Å²) in [6.07, 6.45) is 0. The highest BCUT2D eigenvalue weighted by Crippen LogP contribution is 2.17. The van der Waals surface area contributed by atoms with Crippen LogP contribution in [-0.4, -0.2) is 31.1 Å². The smallest absolute Gasteiger partial charge is 0.130 e. The summed E-state index contributed by atoms with van der Waals surface area (Å²) < 4.78 is 32.5. The van der Waals surface area contributed by atoms with E-state index in [1.54, 1.807) is 12.1 Å². The fourth-order valence-corrected chi connectivity index (χ4v) is 2.63. The summed E-state index contributed by atoms with van der Waals surface area (Å²) in [5, 5.41) is 3.30. The van der Waals surface area contributed by atoms with E-state index in [2.05, 4.69) is 10.2 Å². The monoisotopic (exact) mass is 390 g/mol. The van der Waals surface area contributed by atoms with Gasteiger partial charge >= 0.3 is 0 Å². The fraction of sp³-hybridized carbons (Fsp3) is 0.333. The Morgan fingerprint density at radius 3 is 2.28 bits per heavy atom. The van der Waals surface area contributed by atoms with Crippen LogP contribution in [-0.2, 0) is 13.2 Å². The van der Waals surface area contributed by atoms with Crippen molar-refractivity contribution in [1.29, 1.82) is 0 Å². The van der Waals surface area contributed by atoms with Gasteiger partial charge in [0, 0.05) is 38.3 Å². The second-order valence-electron chi connectivity index (χ2n) is 5.69. The van der Waals surface area contributed by atoms with Crippen molar-refractivity contribution in [2.45, 2.75) is 13.2 Å². The van der Waals surface area contributed by atoms with Crippen molar-refractivity contribution < 1.29 is 13.5 Å². The van der Waals surface area contributed by atoms with Crippen molar-refractivity contribution in [2.75, 3.05) is 26.2 Å². The summed E-state index contributed by atoms with van der Waals surface area (Å²) in [5.41, 5.74) is 1.47. The van der Waals surface area contributed by atoms with Gasteiger partial charge in [0.2, 0.25) is 0 Å². The molecule has 0 radical (unpaired) electrons. The Morgan fingerprint density at radius 1 is 0.960 bits per heavy atom. The third kappa shape index (κ3) is 6.44. The van der Waals surface area contributed by atoms with Crippen LogP contribution < -0.4 is 10.1 Å². The van der Waals surface area contributed by atoms with Gasteiger partial charge in [-0.2, -0.15) is 0 Å². The number of piperazine rings is 1. The van der Waals surface area contributed by atoms with Crippen molar-refractivity contribution >= 4 is 24.8 Å². The average molecular weight is 391 g/mol. The van der Waals surface area contributed by atoms with Gasteiger partial charge in [0.25, 0.3) is 0 Å². The summed E-state index contributed by atoms with van der Waals surface area (Å²) in [6, 6.07) is 11.0. The topological polar surface area (TPSA) is 24.5 Å². The normalized spacial score (nSPS) is 14.3. The van der Waals surface area contributed by atoms with Crippen LogP contribution in [0.4, 0.5) is 8.78 Å². The highest BCUT2D eigenvalue weighted by molar-refractivity contribution is 5.85. The maximum atomic E-state index is 14.2. The van der Waals surface area contributed by atoms with Crippen LogP contribution in [0.3, 0.4) is 0 Å². The number of benzene rings is 2. The van der Waals surface area contributed by atoms with Crippen molar-refractivity contribution in [3.63, 3.8) is 0 Å². The van der Waals surface area contributed by atoms with E-state index >= 15 is 0 Å². The standard InChI is InChI=1S/C18H20F2N2O.2ClH/c19-16-3-5-17(6-4-16)23-13-15-2-1-14(11-18(15)20)12-22-9-7-21-8-10-22;;/h1-6,11,21H,7-10,12-13H2;2*1H. The molecule has 1 fully saturated rings. The molecule has 2 aromatic carbocycles. The minimum absolute atomic E-state index is 0. The maximum absolute atomic E-state index is 14.2. The van der Waals surface area contributed by atoms with Crippen molar-refractivity contribution in [3.05, 3.63) is 65.2 Å². The number of nitrogens with one attached hydrogen (secondary N) is 1. The molecule has 0 bridgehead atoms. The lowest BCUT2D eigenvalue weighted by Crippen LogP contribution is -2.42. The summed E-state index contributed by atoms with van der Waals surface area (Å²) >= 11 is 0. The van der Waals surface area contributed by atoms with Crippen LogP contribution >= 0.6 is 24.8 Å². The van der Waals surface area contributed by atoms with Gasteiger partial charge in [-0.3, -0.25) is 4.90 Å². The first kappa shape index (κ1) is 21.6. The van der Waals surface area contributed by atoms with Gasteiger partial charge in [0.1, 0.15) is 24.0 Å². The van der Waals surface area contributed by atoms with E-state index in [0.717, 1.165) is 38.3 Å². The highest BCUT2D eigenvalue weighted by Gasteiger charge is 2.11. The number of rotatable bonds is 5. The molecule has 1 N–H and O–H groups in total. The van der Waals surface area contributed by atoms with E-state index < -0.39 is 0 Å². The molecule has 25 heavy (non-hydrogen) atoms. The number of hydrogen-bond acceptors (Lipinski definition) is 3. The first-order valence-corrected chi connectivity index (χ1v) is 7.79. The summed E-state index contributed by atoms with van der Waals surface area (Å²) in [4.78, 5) is 2.31. The zero-order valence-electron chi connectivity index (χ0n) is 13.7. The Morgan fingerprint density at radius 2 is 1.64 bits per heavy atom. The average Bonchev–Trinajstić information content (AvgIpc) is 2.57. The van der Waals surface area contributed by atoms with Crippen LogP contribution in [0.2, 0.25) is 0 Å². The molecule has 138 valence electrons. The third-order valence-electron chi connectivity index (χ3n) is 3.94. The van der Waals surface area contributed by atoms with Crippen molar-refractivity contribution in [3.8, 4) is 5.75 Å². The Labute approximate surface area is 159 Å². The molecule has 0 spiro atoms. The van der Waals surface area contributed by atoms with E-state index in [4.69, 9.17) is 4.74 Å². The molecular formula is C18H22Cl2F2N2O. The van der Waals surface area contributed by atoms with Gasteiger partial charge in [-0.1, -0.05) is 12.1 Å². The molecule has 1 heterocycles. The molecule has 0 saturated carbocycles. The largest absolute Gasteiger partial charge is 0.489 e. The summed E-state index contributed by atoms with van der Waals surface area (Å²) in [5.74, 6) is -0.0590. The van der Waals surface area contributed by atoms with E-state index in [9.17, 15) is 8.78 Å². The van der Waals surface area contributed by atoms with Crippen LogP contribution in [0, 0.1) is 11.6 Å². The Hall–Kier alpha value is -1.40. The van der Waals surface area contributed by atoms with Crippen molar-refractivity contribution in [2.24, 2.45) is 0 Å². The number of nitrogens with zero attached hydrogens (tertiary/aromatic N) is 1. The Kier molecular flexibility index (Phi) is 9.14. The third-order valence-corrected chi connectivity index (χ3v) is 3.94. The van der Waals surface area contributed by atoms with Gasteiger partial charge in [0.15, 0.2) is 0 Å². The second-order valence-corrected chi connectivity index (χ2v) is 5.69. The number of halogens is 4. The lowest BCUT2D eigenvalue weighted by Gasteiger charge is -2.27. The second kappa shape index (κ2) is 10.6. The van der Waals surface area contributed by atoms with E-state index in [1.807, 2.05) is 6.07 Å². The molecule has 7 heteroatoms. The quantitative estimate of drug-likeness (QED) is 0.840.